The second kappa shape index (κ2) is 4.74. The summed E-state index contributed by atoms with van der Waals surface area (Å²) in [5.74, 6) is -0.581. The minimum Gasteiger partial charge on any atom is -0.383 e. The quantitative estimate of drug-likeness (QED) is 0.592. The van der Waals surface area contributed by atoms with Crippen molar-refractivity contribution in [2.24, 2.45) is 0 Å². The van der Waals surface area contributed by atoms with E-state index < -0.39 is 19.3 Å². The molecule has 19 heavy (non-hydrogen) atoms. The largest absolute Gasteiger partial charge is 0.439 e. The number of fused-ring (bicyclic) bond motifs is 1. The van der Waals surface area contributed by atoms with Crippen LogP contribution in [0, 0.1) is 0 Å². The zero-order valence-corrected chi connectivity index (χ0v) is 10.8. The lowest BCUT2D eigenvalue weighted by Gasteiger charge is -2.10. The molecule has 0 spiro atoms. The lowest BCUT2D eigenvalue weighted by atomic mass is 10.5. The molecule has 0 saturated heterocycles. The van der Waals surface area contributed by atoms with Gasteiger partial charge in [-0.25, -0.2) is 9.55 Å². The van der Waals surface area contributed by atoms with Gasteiger partial charge >= 0.3 is 7.75 Å². The van der Waals surface area contributed by atoms with Gasteiger partial charge in [0.15, 0.2) is 11.2 Å². The van der Waals surface area contributed by atoms with Gasteiger partial charge in [-0.1, -0.05) is 0 Å². The number of ether oxygens (including phenoxy) is 1. The van der Waals surface area contributed by atoms with Crippen molar-refractivity contribution in [3.05, 3.63) is 16.7 Å². The van der Waals surface area contributed by atoms with Crippen molar-refractivity contribution >= 4 is 24.9 Å². The first-order valence-electron chi connectivity index (χ1n) is 5.15. The van der Waals surface area contributed by atoms with Crippen LogP contribution in [-0.4, -0.2) is 42.4 Å². The minimum atomic E-state index is -4.87. The summed E-state index contributed by atoms with van der Waals surface area (Å²) in [5, 5.41) is 0. The fraction of sp³-hybridized carbons (Fsp3) is 0.375. The molecule has 104 valence electrons. The molecule has 0 atom stereocenters. The van der Waals surface area contributed by atoms with Crippen molar-refractivity contribution in [1.82, 2.24) is 18.9 Å². The van der Waals surface area contributed by atoms with Gasteiger partial charge in [0.05, 0.1) is 12.9 Å². The second-order valence-corrected chi connectivity index (χ2v) is 5.13. The molecular formula is C8H12N5O5P. The number of nitrogens with two attached hydrogens (primary N) is 1. The van der Waals surface area contributed by atoms with Crippen molar-refractivity contribution in [3.63, 3.8) is 0 Å². The summed E-state index contributed by atoms with van der Waals surface area (Å²) in [6, 6.07) is 0. The van der Waals surface area contributed by atoms with Crippen molar-refractivity contribution < 1.29 is 19.1 Å². The number of nitrogen functional groups attached to an aromatic ring is 1. The van der Waals surface area contributed by atoms with Gasteiger partial charge in [-0.05, 0) is 0 Å². The predicted octanol–water partition coefficient (Wildman–Crippen LogP) is -1.24. The van der Waals surface area contributed by atoms with Crippen LogP contribution in [0.1, 0.15) is 0 Å². The Morgan fingerprint density at radius 3 is 2.79 bits per heavy atom. The van der Waals surface area contributed by atoms with Crippen molar-refractivity contribution in [2.45, 2.75) is 6.54 Å². The van der Waals surface area contributed by atoms with E-state index in [0.29, 0.717) is 13.2 Å². The Hall–Kier alpha value is -1.74. The van der Waals surface area contributed by atoms with Crippen LogP contribution >= 0.6 is 7.75 Å². The summed E-state index contributed by atoms with van der Waals surface area (Å²) in [7, 11) is -3.39. The van der Waals surface area contributed by atoms with E-state index in [2.05, 4.69) is 9.97 Å². The molecule has 4 N–H and O–H groups in total. The van der Waals surface area contributed by atoms with Crippen LogP contribution in [-0.2, 0) is 15.8 Å². The standard InChI is InChI=1S/C8H12N5O5P/c1-18-3-2-12-4-10-6-5(12)7(14)13(8(9)11-6)19(15,16)17/h4H,2-3H2,1H3,(H2,9,11)(H2,15,16,17). The predicted molar refractivity (Wildman–Crippen MR) is 65.5 cm³/mol. The molecule has 0 bridgehead atoms. The maximum atomic E-state index is 12.1. The van der Waals surface area contributed by atoms with Crippen molar-refractivity contribution in [3.8, 4) is 0 Å². The van der Waals surface area contributed by atoms with E-state index in [0.717, 1.165) is 0 Å². The first kappa shape index (κ1) is 13.7. The Bertz CT molecular complexity index is 716. The third-order valence-corrected chi connectivity index (χ3v) is 3.36. The summed E-state index contributed by atoms with van der Waals surface area (Å²) < 4.78 is 17.7. The average Bonchev–Trinajstić information content (AvgIpc) is 2.67. The lowest BCUT2D eigenvalue weighted by Crippen LogP contribution is -2.25. The SMILES string of the molecule is COCCn1cnc2nc(N)n(P(=O)(O)O)c(=O)c21. The van der Waals surface area contributed by atoms with Crippen LogP contribution in [0.5, 0.6) is 0 Å². The van der Waals surface area contributed by atoms with Crippen LogP contribution in [0.15, 0.2) is 11.1 Å². The van der Waals surface area contributed by atoms with Gasteiger partial charge in [0.1, 0.15) is 0 Å². The zero-order valence-electron chi connectivity index (χ0n) is 9.92. The Balaban J connectivity index is 2.74. The number of nitrogens with zero attached hydrogens (tertiary/aromatic N) is 4. The second-order valence-electron chi connectivity index (χ2n) is 3.70. The molecule has 0 aromatic carbocycles. The van der Waals surface area contributed by atoms with Gasteiger partial charge in [0.2, 0.25) is 5.95 Å². The highest BCUT2D eigenvalue weighted by atomic mass is 31.2. The monoisotopic (exact) mass is 289 g/mol. The Morgan fingerprint density at radius 2 is 2.21 bits per heavy atom. The smallest absolute Gasteiger partial charge is 0.383 e. The lowest BCUT2D eigenvalue weighted by molar-refractivity contribution is 0.188. The molecule has 0 aliphatic heterocycles. The van der Waals surface area contributed by atoms with E-state index in [1.54, 1.807) is 0 Å². The number of hydrogen-bond donors (Lipinski definition) is 3. The summed E-state index contributed by atoms with van der Waals surface area (Å²) >= 11 is 0. The van der Waals surface area contributed by atoms with Crippen LogP contribution in [0.2, 0.25) is 0 Å². The molecule has 10 nitrogen and oxygen atoms in total. The average molecular weight is 289 g/mol. The minimum absolute atomic E-state index is 0.0308. The summed E-state index contributed by atoms with van der Waals surface area (Å²) in [4.78, 5) is 37.9. The summed E-state index contributed by atoms with van der Waals surface area (Å²) in [6.07, 6.45) is 1.33. The summed E-state index contributed by atoms with van der Waals surface area (Å²) in [5.41, 5.74) is 4.43. The highest BCUT2D eigenvalue weighted by Gasteiger charge is 2.25. The number of rotatable bonds is 4. The Kier molecular flexibility index (Phi) is 3.42. The van der Waals surface area contributed by atoms with Gasteiger partial charge in [-0.3, -0.25) is 4.79 Å². The normalized spacial score (nSPS) is 12.2. The molecule has 0 fully saturated rings. The van der Waals surface area contributed by atoms with Crippen LogP contribution in [0.25, 0.3) is 11.2 Å². The van der Waals surface area contributed by atoms with Crippen LogP contribution < -0.4 is 11.3 Å². The van der Waals surface area contributed by atoms with E-state index >= 15 is 0 Å². The topological polar surface area (TPSA) is 145 Å². The molecule has 2 aromatic heterocycles. The van der Waals surface area contributed by atoms with Gasteiger partial charge in [-0.2, -0.15) is 9.32 Å². The molecule has 0 radical (unpaired) electrons. The first-order chi connectivity index (χ1) is 8.86. The number of hydrogen-bond acceptors (Lipinski definition) is 6. The zero-order chi connectivity index (χ0) is 14.2. The number of aromatic nitrogens is 4. The third-order valence-electron chi connectivity index (χ3n) is 2.45. The molecule has 0 unspecified atom stereocenters. The Labute approximate surface area is 106 Å². The highest BCUT2D eigenvalue weighted by molar-refractivity contribution is 7.50. The van der Waals surface area contributed by atoms with Gasteiger partial charge in [0, 0.05) is 13.7 Å². The van der Waals surface area contributed by atoms with Gasteiger partial charge in [-0.15, -0.1) is 0 Å². The highest BCUT2D eigenvalue weighted by Crippen LogP contribution is 2.36. The fourth-order valence-electron chi connectivity index (χ4n) is 1.64. The van der Waals surface area contributed by atoms with Crippen molar-refractivity contribution in [2.75, 3.05) is 19.5 Å². The number of anilines is 1. The van der Waals surface area contributed by atoms with E-state index in [9.17, 15) is 9.36 Å². The van der Waals surface area contributed by atoms with Crippen LogP contribution in [0.4, 0.5) is 5.95 Å². The van der Waals surface area contributed by atoms with Crippen LogP contribution in [0.3, 0.4) is 0 Å². The van der Waals surface area contributed by atoms with Crippen molar-refractivity contribution in [1.29, 1.82) is 0 Å². The fourth-order valence-corrected chi connectivity index (χ4v) is 2.29. The van der Waals surface area contributed by atoms with E-state index in [1.165, 1.54) is 18.0 Å². The third kappa shape index (κ3) is 2.38. The molecule has 11 heteroatoms. The maximum Gasteiger partial charge on any atom is 0.439 e. The number of imidazole rings is 1. The number of methoxy groups -OCH3 is 1. The molecule has 0 amide bonds. The first-order valence-corrected chi connectivity index (χ1v) is 6.71. The van der Waals surface area contributed by atoms with E-state index in [1.807, 2.05) is 0 Å². The Morgan fingerprint density at radius 1 is 1.53 bits per heavy atom. The molecule has 2 heterocycles. The van der Waals surface area contributed by atoms with Gasteiger partial charge in [0.25, 0.3) is 5.56 Å². The molecule has 2 rings (SSSR count). The molecular weight excluding hydrogens is 277 g/mol. The molecule has 0 aliphatic rings. The van der Waals surface area contributed by atoms with E-state index in [4.69, 9.17) is 20.3 Å². The maximum absolute atomic E-state index is 12.1. The van der Waals surface area contributed by atoms with E-state index in [-0.39, 0.29) is 15.5 Å². The molecule has 0 saturated carbocycles. The molecule has 2 aromatic rings. The molecule has 0 aliphatic carbocycles. The van der Waals surface area contributed by atoms with Gasteiger partial charge < -0.3 is 24.8 Å². The summed E-state index contributed by atoms with van der Waals surface area (Å²) in [6.45, 7) is 0.611.